The quantitative estimate of drug-likeness (QED) is 0.727. The van der Waals surface area contributed by atoms with E-state index in [1.54, 1.807) is 0 Å². The van der Waals surface area contributed by atoms with Crippen molar-refractivity contribution in [3.63, 3.8) is 0 Å². The Morgan fingerprint density at radius 2 is 2.07 bits per heavy atom. The largest absolute Gasteiger partial charge is 0.433 e. The molecule has 1 amide bonds. The smallest absolute Gasteiger partial charge is 0.373 e. The third-order valence-corrected chi connectivity index (χ3v) is 5.64. The van der Waals surface area contributed by atoms with E-state index in [1.165, 1.54) is 23.0 Å². The molecule has 2 fully saturated rings. The molecule has 1 aliphatic heterocycles. The van der Waals surface area contributed by atoms with Crippen LogP contribution in [0.5, 0.6) is 0 Å². The van der Waals surface area contributed by atoms with Crippen molar-refractivity contribution in [2.45, 2.75) is 37.2 Å². The number of aromatic nitrogens is 4. The van der Waals surface area contributed by atoms with Crippen LogP contribution in [0.25, 0.3) is 11.4 Å². The molecule has 0 aromatic carbocycles. The Morgan fingerprint density at radius 1 is 1.30 bits per heavy atom. The Hall–Kier alpha value is -2.53. The molecule has 2 aromatic rings. The maximum atomic E-state index is 12.9. The van der Waals surface area contributed by atoms with E-state index in [0.717, 1.165) is 18.9 Å². The normalized spacial score (nSPS) is 21.1. The molecule has 0 spiro atoms. The van der Waals surface area contributed by atoms with Gasteiger partial charge in [-0.25, -0.2) is 9.67 Å². The summed E-state index contributed by atoms with van der Waals surface area (Å²) in [4.78, 5) is 20.4. The molecule has 1 atom stereocenters. The molecule has 0 radical (unpaired) electrons. The Bertz CT molecular complexity index is 925. The highest BCUT2D eigenvalue weighted by atomic mass is 19.4. The first-order chi connectivity index (χ1) is 14.2. The van der Waals surface area contributed by atoms with Crippen LogP contribution in [0.3, 0.4) is 0 Å². The third kappa shape index (κ3) is 4.04. The number of amides is 1. The fraction of sp³-hybridized carbons (Fsp3) is 0.579. The number of nitrogens with zero attached hydrogens (tertiary/aromatic N) is 6. The first kappa shape index (κ1) is 20.7. The van der Waals surface area contributed by atoms with Crippen molar-refractivity contribution in [2.24, 2.45) is 0 Å². The van der Waals surface area contributed by atoms with E-state index in [9.17, 15) is 18.0 Å². The van der Waals surface area contributed by atoms with Crippen LogP contribution >= 0.6 is 0 Å². The molecule has 1 saturated carbocycles. The van der Waals surface area contributed by atoms with Gasteiger partial charge >= 0.3 is 6.18 Å². The Balaban J connectivity index is 1.42. The van der Waals surface area contributed by atoms with E-state index in [1.807, 2.05) is 23.9 Å². The molecule has 1 saturated heterocycles. The minimum atomic E-state index is -4.52. The number of alkyl halides is 3. The molecule has 0 bridgehead atoms. The molecule has 4 rings (SSSR count). The number of likely N-dealkylation sites (N-methyl/N-ethyl adjacent to an activating group) is 1. The summed E-state index contributed by atoms with van der Waals surface area (Å²) in [7, 11) is 3.84. The molecular weight excluding hydrogens is 401 g/mol. The summed E-state index contributed by atoms with van der Waals surface area (Å²) in [6.07, 6.45) is -1.54. The number of hydrogen-bond acceptors (Lipinski definition) is 6. The van der Waals surface area contributed by atoms with E-state index < -0.39 is 17.4 Å². The van der Waals surface area contributed by atoms with Gasteiger partial charge in [-0.2, -0.15) is 13.2 Å². The molecular formula is C19H23F3N6O2. The molecule has 3 heterocycles. The van der Waals surface area contributed by atoms with E-state index in [-0.39, 0.29) is 23.4 Å². The van der Waals surface area contributed by atoms with Crippen molar-refractivity contribution in [2.75, 3.05) is 33.8 Å². The van der Waals surface area contributed by atoms with Crippen molar-refractivity contribution < 1.29 is 22.7 Å². The topological polar surface area (TPSA) is 76.4 Å². The van der Waals surface area contributed by atoms with Gasteiger partial charge in [0.2, 0.25) is 5.91 Å². The lowest BCUT2D eigenvalue weighted by atomic mass is 10.1. The first-order valence-electron chi connectivity index (χ1n) is 9.72. The molecule has 1 aliphatic carbocycles. The fourth-order valence-electron chi connectivity index (χ4n) is 3.73. The van der Waals surface area contributed by atoms with Gasteiger partial charge in [0.15, 0.2) is 0 Å². The van der Waals surface area contributed by atoms with Crippen LogP contribution in [0.1, 0.15) is 18.5 Å². The zero-order chi connectivity index (χ0) is 21.5. The Morgan fingerprint density at radius 3 is 2.73 bits per heavy atom. The molecule has 1 unspecified atom stereocenters. The standard InChI is InChI=1S/C19H23F3N6O2/c1-26(2)18(6-7-18)17(29)27-8-9-30-13(10-27)11-28-12-15(24-25-28)14-4-3-5-16(23-14)19(20,21)22/h3-5,12-13H,6-11H2,1-2H3. The second-order valence-corrected chi connectivity index (χ2v) is 7.90. The van der Waals surface area contributed by atoms with Crippen LogP contribution in [-0.4, -0.2) is 81.1 Å². The lowest BCUT2D eigenvalue weighted by Crippen LogP contribution is -2.54. The van der Waals surface area contributed by atoms with Crippen LogP contribution in [0, 0.1) is 0 Å². The second-order valence-electron chi connectivity index (χ2n) is 7.90. The molecule has 0 N–H and O–H groups in total. The predicted octanol–water partition coefficient (Wildman–Crippen LogP) is 1.68. The molecule has 162 valence electrons. The molecule has 2 aliphatic rings. The summed E-state index contributed by atoms with van der Waals surface area (Å²) in [5.41, 5.74) is -1.03. The summed E-state index contributed by atoms with van der Waals surface area (Å²) >= 11 is 0. The zero-order valence-electron chi connectivity index (χ0n) is 16.8. The average molecular weight is 424 g/mol. The molecule has 8 nitrogen and oxygen atoms in total. The summed E-state index contributed by atoms with van der Waals surface area (Å²) in [6, 6.07) is 3.66. The van der Waals surface area contributed by atoms with E-state index in [2.05, 4.69) is 15.3 Å². The predicted molar refractivity (Wildman–Crippen MR) is 100 cm³/mol. The maximum Gasteiger partial charge on any atom is 0.433 e. The van der Waals surface area contributed by atoms with Gasteiger partial charge in [0.25, 0.3) is 0 Å². The number of pyridine rings is 1. The highest BCUT2D eigenvalue weighted by Gasteiger charge is 2.54. The van der Waals surface area contributed by atoms with Crippen molar-refractivity contribution >= 4 is 5.91 Å². The summed E-state index contributed by atoms with van der Waals surface area (Å²) in [6.45, 7) is 1.74. The van der Waals surface area contributed by atoms with Gasteiger partial charge in [0, 0.05) is 13.1 Å². The van der Waals surface area contributed by atoms with Gasteiger partial charge in [-0.3, -0.25) is 9.69 Å². The minimum absolute atomic E-state index is 0.0964. The van der Waals surface area contributed by atoms with Crippen molar-refractivity contribution in [3.8, 4) is 11.4 Å². The number of hydrogen-bond donors (Lipinski definition) is 0. The number of morpholine rings is 1. The van der Waals surface area contributed by atoms with Crippen molar-refractivity contribution in [3.05, 3.63) is 30.1 Å². The number of rotatable bonds is 5. The van der Waals surface area contributed by atoms with Crippen LogP contribution in [-0.2, 0) is 22.3 Å². The minimum Gasteiger partial charge on any atom is -0.373 e. The van der Waals surface area contributed by atoms with Gasteiger partial charge in [-0.05, 0) is 39.1 Å². The van der Waals surface area contributed by atoms with Crippen molar-refractivity contribution in [1.29, 1.82) is 0 Å². The van der Waals surface area contributed by atoms with E-state index in [0.29, 0.717) is 26.2 Å². The van der Waals surface area contributed by atoms with Gasteiger partial charge in [-0.1, -0.05) is 11.3 Å². The molecule has 30 heavy (non-hydrogen) atoms. The Labute approximate surface area is 171 Å². The van der Waals surface area contributed by atoms with Gasteiger partial charge in [0.05, 0.1) is 31.1 Å². The summed E-state index contributed by atoms with van der Waals surface area (Å²) in [5.74, 6) is 0.119. The lowest BCUT2D eigenvalue weighted by molar-refractivity contribution is -0.145. The maximum absolute atomic E-state index is 12.9. The fourth-order valence-corrected chi connectivity index (χ4v) is 3.73. The lowest BCUT2D eigenvalue weighted by Gasteiger charge is -2.36. The monoisotopic (exact) mass is 424 g/mol. The number of carbonyl (C=O) groups is 1. The summed E-state index contributed by atoms with van der Waals surface area (Å²) in [5, 5.41) is 7.93. The highest BCUT2D eigenvalue weighted by molar-refractivity contribution is 5.89. The van der Waals surface area contributed by atoms with E-state index >= 15 is 0 Å². The number of ether oxygens (including phenoxy) is 1. The Kier molecular flexibility index (Phi) is 5.27. The number of carbonyl (C=O) groups excluding carboxylic acids is 1. The van der Waals surface area contributed by atoms with Crippen LogP contribution < -0.4 is 0 Å². The third-order valence-electron chi connectivity index (χ3n) is 5.64. The van der Waals surface area contributed by atoms with Crippen LogP contribution in [0.4, 0.5) is 13.2 Å². The van der Waals surface area contributed by atoms with Gasteiger partial charge in [-0.15, -0.1) is 5.10 Å². The van der Waals surface area contributed by atoms with Crippen LogP contribution in [0.15, 0.2) is 24.4 Å². The van der Waals surface area contributed by atoms with E-state index in [4.69, 9.17) is 4.74 Å². The van der Waals surface area contributed by atoms with Gasteiger partial charge < -0.3 is 9.64 Å². The zero-order valence-corrected chi connectivity index (χ0v) is 16.8. The molecule has 2 aromatic heterocycles. The summed E-state index contributed by atoms with van der Waals surface area (Å²) < 4.78 is 45.9. The molecule has 11 heteroatoms. The SMILES string of the molecule is CN(C)C1(C(=O)N2CCOC(Cn3cc(-c4cccc(C(F)(F)F)n4)nn3)C2)CC1. The highest BCUT2D eigenvalue weighted by Crippen LogP contribution is 2.42. The number of halogens is 3. The average Bonchev–Trinajstić information content (AvgIpc) is 3.41. The second kappa shape index (κ2) is 7.62. The van der Waals surface area contributed by atoms with Gasteiger partial charge in [0.1, 0.15) is 16.9 Å². The van der Waals surface area contributed by atoms with Crippen molar-refractivity contribution in [1.82, 2.24) is 29.8 Å². The van der Waals surface area contributed by atoms with Crippen LogP contribution in [0.2, 0.25) is 0 Å². The first-order valence-corrected chi connectivity index (χ1v) is 9.72.